The molecule has 0 aliphatic carbocycles. The molecular formula is C19H30O5. The molecule has 0 saturated heterocycles. The zero-order valence-corrected chi connectivity index (χ0v) is 14.1. The molecule has 2 aromatic carbocycles. The van der Waals surface area contributed by atoms with E-state index >= 15 is 0 Å². The number of aliphatic hydroxyl groups excluding tert-OH is 1. The molecular weight excluding hydrogens is 308 g/mol. The van der Waals surface area contributed by atoms with Crippen LogP contribution in [0.1, 0.15) is 18.6 Å². The van der Waals surface area contributed by atoms with Crippen molar-refractivity contribution >= 4 is 6.79 Å². The van der Waals surface area contributed by atoms with Crippen LogP contribution in [0, 0.1) is 20.5 Å². The van der Waals surface area contributed by atoms with Crippen LogP contribution in [-0.4, -0.2) is 31.6 Å². The van der Waals surface area contributed by atoms with Crippen molar-refractivity contribution in [3.05, 3.63) is 72.4 Å². The first-order valence-electron chi connectivity index (χ1n) is 6.28. The minimum atomic E-state index is 0. The van der Waals surface area contributed by atoms with Gasteiger partial charge in [-0.25, -0.2) is 0 Å². The molecule has 0 bridgehead atoms. The fourth-order valence-corrected chi connectivity index (χ4v) is 1.21. The summed E-state index contributed by atoms with van der Waals surface area (Å²) in [5, 5.41) is 7.00. The van der Waals surface area contributed by atoms with E-state index in [2.05, 4.69) is 32.6 Å². The standard InChI is InChI=1S/C8H10O.C7H8.CH4O.CH2O.CO.CH4.H2O/c1-7-3-5-8(9-2)6-4-7;1-7-5-3-2-4-6-7;3*1-2;;/h3-6H,1-2H3;2-6H,1H3;2H,1H3;1H2;;1H4;1H2. The second kappa shape index (κ2) is 28.7. The number of aryl methyl sites for hydroxylation is 2. The molecule has 2 aromatic rings. The van der Waals surface area contributed by atoms with E-state index in [1.807, 2.05) is 49.3 Å². The Hall–Kier alpha value is -2.43. The Kier molecular flexibility index (Phi) is 39.7. The second-order valence-corrected chi connectivity index (χ2v) is 3.67. The first-order chi connectivity index (χ1) is 10.7. The van der Waals surface area contributed by atoms with E-state index in [4.69, 9.17) is 19.3 Å². The predicted octanol–water partition coefficient (Wildman–Crippen LogP) is 3.20. The van der Waals surface area contributed by atoms with Gasteiger partial charge < -0.3 is 20.1 Å². The third-order valence-corrected chi connectivity index (χ3v) is 2.20. The van der Waals surface area contributed by atoms with Crippen LogP contribution in [-0.2, 0) is 9.45 Å². The molecule has 0 heterocycles. The van der Waals surface area contributed by atoms with Crippen LogP contribution in [0.3, 0.4) is 0 Å². The van der Waals surface area contributed by atoms with E-state index in [1.165, 1.54) is 11.1 Å². The van der Waals surface area contributed by atoms with Crippen LogP contribution in [0.4, 0.5) is 0 Å². The number of carbonyl (C=O) groups is 1. The van der Waals surface area contributed by atoms with Crippen LogP contribution in [0.25, 0.3) is 0 Å². The van der Waals surface area contributed by atoms with Crippen molar-refractivity contribution in [2.75, 3.05) is 14.2 Å². The molecule has 0 unspecified atom stereocenters. The van der Waals surface area contributed by atoms with Gasteiger partial charge in [0.25, 0.3) is 0 Å². The molecule has 5 heteroatoms. The van der Waals surface area contributed by atoms with E-state index < -0.39 is 0 Å². The van der Waals surface area contributed by atoms with E-state index in [9.17, 15) is 0 Å². The Labute approximate surface area is 146 Å². The molecule has 0 radical (unpaired) electrons. The fraction of sp³-hybridized carbons (Fsp3) is 0.263. The Balaban J connectivity index is -0.0000000727. The quantitative estimate of drug-likeness (QED) is 0.638. The first-order valence-corrected chi connectivity index (χ1v) is 6.28. The average molecular weight is 338 g/mol. The molecule has 0 aliphatic heterocycles. The molecule has 5 nitrogen and oxygen atoms in total. The number of aliphatic hydroxyl groups is 1. The topological polar surface area (TPSA) is 97.9 Å². The molecule has 3 N–H and O–H groups in total. The molecule has 0 aliphatic rings. The van der Waals surface area contributed by atoms with Crippen molar-refractivity contribution in [1.29, 1.82) is 0 Å². The van der Waals surface area contributed by atoms with Crippen LogP contribution in [0.5, 0.6) is 5.75 Å². The van der Waals surface area contributed by atoms with Crippen LogP contribution in [0.15, 0.2) is 54.6 Å². The van der Waals surface area contributed by atoms with Crippen LogP contribution < -0.4 is 4.74 Å². The molecule has 136 valence electrons. The van der Waals surface area contributed by atoms with Gasteiger partial charge >= 0.3 is 11.3 Å². The molecule has 0 amide bonds. The van der Waals surface area contributed by atoms with Gasteiger partial charge in [-0.3, -0.25) is 0 Å². The number of carbonyl (C=O) groups excluding carboxylic acids is 1. The van der Waals surface area contributed by atoms with E-state index in [0.29, 0.717) is 0 Å². The Morgan fingerprint density at radius 2 is 1.21 bits per heavy atom. The van der Waals surface area contributed by atoms with Crippen molar-refractivity contribution in [3.8, 4) is 5.75 Å². The summed E-state index contributed by atoms with van der Waals surface area (Å²) < 4.78 is 12.5. The van der Waals surface area contributed by atoms with Gasteiger partial charge in [-0.1, -0.05) is 61.0 Å². The number of methoxy groups -OCH3 is 1. The summed E-state index contributed by atoms with van der Waals surface area (Å²) in [5.74, 6) is 0.917. The van der Waals surface area contributed by atoms with Gasteiger partial charge in [0.15, 0.2) is 0 Å². The van der Waals surface area contributed by atoms with Gasteiger partial charge in [0.2, 0.25) is 0 Å². The third kappa shape index (κ3) is 21.9. The summed E-state index contributed by atoms with van der Waals surface area (Å²) in [6, 6.07) is 18.2. The van der Waals surface area contributed by atoms with Crippen molar-refractivity contribution in [2.24, 2.45) is 0 Å². The van der Waals surface area contributed by atoms with Crippen molar-refractivity contribution < 1.29 is 24.8 Å². The van der Waals surface area contributed by atoms with Gasteiger partial charge in [-0.05, 0) is 26.0 Å². The van der Waals surface area contributed by atoms with Crippen molar-refractivity contribution in [3.63, 3.8) is 0 Å². The monoisotopic (exact) mass is 338 g/mol. The molecule has 0 aromatic heterocycles. The van der Waals surface area contributed by atoms with Crippen molar-refractivity contribution in [2.45, 2.75) is 21.3 Å². The molecule has 0 spiro atoms. The van der Waals surface area contributed by atoms with Crippen LogP contribution >= 0.6 is 0 Å². The number of hydrogen-bond acceptors (Lipinski definition) is 3. The Morgan fingerprint density at radius 1 is 0.875 bits per heavy atom. The maximum atomic E-state index is 8.00. The second-order valence-electron chi connectivity index (χ2n) is 3.67. The zero-order valence-electron chi connectivity index (χ0n) is 14.1. The summed E-state index contributed by atoms with van der Waals surface area (Å²) in [4.78, 5) is 8.00. The summed E-state index contributed by atoms with van der Waals surface area (Å²) >= 11 is 0. The summed E-state index contributed by atoms with van der Waals surface area (Å²) in [6.07, 6.45) is 0. The molecule has 0 fully saturated rings. The number of rotatable bonds is 1. The molecule has 24 heavy (non-hydrogen) atoms. The Morgan fingerprint density at radius 3 is 1.46 bits per heavy atom. The van der Waals surface area contributed by atoms with Gasteiger partial charge in [-0.15, -0.1) is 0 Å². The summed E-state index contributed by atoms with van der Waals surface area (Å²) in [6.45, 7) is 10.6. The van der Waals surface area contributed by atoms with Gasteiger partial charge in [-0.2, -0.15) is 0 Å². The normalized spacial score (nSPS) is 6.46. The number of ether oxygens (including phenoxy) is 1. The average Bonchev–Trinajstić information content (AvgIpc) is 2.62. The zero-order chi connectivity index (χ0) is 17.8. The number of hydrogen-bond donors (Lipinski definition) is 1. The molecule has 0 atom stereocenters. The van der Waals surface area contributed by atoms with Gasteiger partial charge in [0.1, 0.15) is 12.5 Å². The Bertz CT molecular complexity index is 452. The third-order valence-electron chi connectivity index (χ3n) is 2.20. The van der Waals surface area contributed by atoms with Gasteiger partial charge in [0.05, 0.1) is 7.11 Å². The van der Waals surface area contributed by atoms with Crippen LogP contribution in [0.2, 0.25) is 0 Å². The predicted molar refractivity (Wildman–Crippen MR) is 98.4 cm³/mol. The fourth-order valence-electron chi connectivity index (χ4n) is 1.21. The van der Waals surface area contributed by atoms with E-state index in [-0.39, 0.29) is 12.9 Å². The molecule has 2 rings (SSSR count). The number of benzene rings is 2. The SMILES string of the molecule is C.C=O.CO.COc1ccc(C)cc1.Cc1ccccc1.O.[C-]#[O+]. The van der Waals surface area contributed by atoms with Gasteiger partial charge in [0, 0.05) is 7.11 Å². The summed E-state index contributed by atoms with van der Waals surface area (Å²) in [5.41, 5.74) is 2.58. The van der Waals surface area contributed by atoms with Crippen molar-refractivity contribution in [1.82, 2.24) is 0 Å². The van der Waals surface area contributed by atoms with E-state index in [0.717, 1.165) is 12.9 Å². The molecule has 0 saturated carbocycles. The minimum absolute atomic E-state index is 0. The maximum absolute atomic E-state index is 8.00. The first kappa shape index (κ1) is 33.2. The summed E-state index contributed by atoms with van der Waals surface area (Å²) in [7, 11) is 2.67. The van der Waals surface area contributed by atoms with E-state index in [1.54, 1.807) is 7.11 Å².